The molecular weight excluding hydrogens is 328 g/mol. The van der Waals surface area contributed by atoms with Gasteiger partial charge in [0.1, 0.15) is 11.6 Å². The molecular formula is C17H16N2O6. The number of nitrogens with one attached hydrogen (secondary N) is 1. The zero-order chi connectivity index (χ0) is 18.6. The van der Waals surface area contributed by atoms with E-state index in [9.17, 15) is 14.9 Å². The molecule has 0 saturated carbocycles. The number of aryl methyl sites for hydroxylation is 1. The number of pyridine rings is 1. The molecule has 0 aliphatic carbocycles. The molecule has 2 rings (SSSR count). The number of hydrogen-bond donors (Lipinski definition) is 2. The van der Waals surface area contributed by atoms with Gasteiger partial charge in [-0.1, -0.05) is 0 Å². The summed E-state index contributed by atoms with van der Waals surface area (Å²) in [5, 5.41) is 18.1. The molecule has 1 heterocycles. The van der Waals surface area contributed by atoms with Gasteiger partial charge < -0.3 is 24.3 Å². The van der Waals surface area contributed by atoms with Crippen LogP contribution in [0.25, 0.3) is 11.1 Å². The average molecular weight is 344 g/mol. The highest BCUT2D eigenvalue weighted by molar-refractivity contribution is 5.76. The van der Waals surface area contributed by atoms with Crippen LogP contribution in [0.4, 0.5) is 0 Å². The summed E-state index contributed by atoms with van der Waals surface area (Å²) in [6, 6.07) is 6.64. The topological polar surface area (TPSA) is 122 Å². The Morgan fingerprint density at radius 2 is 1.84 bits per heavy atom. The number of nitrogens with zero attached hydrogens (tertiary/aromatic N) is 1. The molecule has 2 aromatic rings. The van der Waals surface area contributed by atoms with E-state index in [2.05, 4.69) is 4.98 Å². The van der Waals surface area contributed by atoms with Gasteiger partial charge in [-0.2, -0.15) is 5.26 Å². The lowest BCUT2D eigenvalue weighted by Crippen LogP contribution is -2.13. The summed E-state index contributed by atoms with van der Waals surface area (Å²) in [4.78, 5) is 25.3. The van der Waals surface area contributed by atoms with Gasteiger partial charge in [0.25, 0.3) is 5.56 Å². The van der Waals surface area contributed by atoms with Gasteiger partial charge in [-0.3, -0.25) is 4.79 Å². The number of carboxylic acids is 1. The van der Waals surface area contributed by atoms with Crippen LogP contribution in [0.2, 0.25) is 0 Å². The Morgan fingerprint density at radius 1 is 1.24 bits per heavy atom. The molecule has 0 fully saturated rings. The molecule has 0 saturated heterocycles. The number of H-pyrrole nitrogens is 1. The van der Waals surface area contributed by atoms with Crippen molar-refractivity contribution in [2.75, 3.05) is 20.8 Å². The van der Waals surface area contributed by atoms with Crippen molar-refractivity contribution in [2.45, 2.75) is 6.92 Å². The minimum atomic E-state index is -1.15. The molecule has 1 aromatic carbocycles. The third kappa shape index (κ3) is 3.72. The van der Waals surface area contributed by atoms with E-state index >= 15 is 0 Å². The van der Waals surface area contributed by atoms with Crippen LogP contribution in [0.15, 0.2) is 23.0 Å². The van der Waals surface area contributed by atoms with Crippen molar-refractivity contribution in [2.24, 2.45) is 0 Å². The lowest BCUT2D eigenvalue weighted by atomic mass is 10.00. The van der Waals surface area contributed by atoms with Crippen LogP contribution in [0.1, 0.15) is 11.3 Å². The standard InChI is InChI=1S/C17H16N2O6/c1-9-4-11(12(7-18)17(22)19-9)10-5-13(23-2)16(14(6-10)24-3)25-8-15(20)21/h4-6H,8H2,1-3H3,(H,19,22)(H,20,21). The first kappa shape index (κ1) is 17.9. The molecule has 25 heavy (non-hydrogen) atoms. The van der Waals surface area contributed by atoms with Crippen molar-refractivity contribution < 1.29 is 24.1 Å². The molecule has 0 amide bonds. The van der Waals surface area contributed by atoms with E-state index in [4.69, 9.17) is 19.3 Å². The molecule has 1 aromatic heterocycles. The minimum Gasteiger partial charge on any atom is -0.493 e. The van der Waals surface area contributed by atoms with E-state index in [1.807, 2.05) is 6.07 Å². The largest absolute Gasteiger partial charge is 0.493 e. The SMILES string of the molecule is COc1cc(-c2cc(C)[nH]c(=O)c2C#N)cc(OC)c1OCC(=O)O. The van der Waals surface area contributed by atoms with E-state index in [-0.39, 0.29) is 22.8 Å². The van der Waals surface area contributed by atoms with Crippen molar-refractivity contribution in [3.63, 3.8) is 0 Å². The van der Waals surface area contributed by atoms with Gasteiger partial charge in [-0.25, -0.2) is 4.79 Å². The predicted octanol–water partition coefficient (Wildman–Crippen LogP) is 1.70. The maximum atomic E-state index is 12.0. The number of rotatable bonds is 6. The number of aromatic amines is 1. The van der Waals surface area contributed by atoms with Crippen LogP contribution in [0, 0.1) is 18.3 Å². The third-order valence-corrected chi connectivity index (χ3v) is 3.39. The van der Waals surface area contributed by atoms with Crippen molar-refractivity contribution in [1.29, 1.82) is 5.26 Å². The number of benzene rings is 1. The Hall–Kier alpha value is -3.47. The number of methoxy groups -OCH3 is 2. The molecule has 8 nitrogen and oxygen atoms in total. The zero-order valence-electron chi connectivity index (χ0n) is 13.9. The molecule has 130 valence electrons. The van der Waals surface area contributed by atoms with Crippen LogP contribution in [0.3, 0.4) is 0 Å². The lowest BCUT2D eigenvalue weighted by molar-refractivity contribution is -0.139. The summed E-state index contributed by atoms with van der Waals surface area (Å²) < 4.78 is 15.7. The van der Waals surface area contributed by atoms with Crippen LogP contribution >= 0.6 is 0 Å². The number of aromatic nitrogens is 1. The third-order valence-electron chi connectivity index (χ3n) is 3.39. The first-order valence-electron chi connectivity index (χ1n) is 7.16. The summed E-state index contributed by atoms with van der Waals surface area (Å²) in [5.74, 6) is -0.587. The fourth-order valence-electron chi connectivity index (χ4n) is 2.34. The first-order chi connectivity index (χ1) is 11.9. The van der Waals surface area contributed by atoms with Gasteiger partial charge in [0.2, 0.25) is 5.75 Å². The highest BCUT2D eigenvalue weighted by Crippen LogP contribution is 2.41. The number of nitriles is 1. The maximum absolute atomic E-state index is 12.0. The molecule has 8 heteroatoms. The Balaban J connectivity index is 2.67. The number of carboxylic acid groups (broad SMARTS) is 1. The summed E-state index contributed by atoms with van der Waals surface area (Å²) in [6.45, 7) is 1.13. The highest BCUT2D eigenvalue weighted by Gasteiger charge is 2.19. The van der Waals surface area contributed by atoms with E-state index in [1.54, 1.807) is 25.1 Å². The van der Waals surface area contributed by atoms with Gasteiger partial charge in [-0.15, -0.1) is 0 Å². The smallest absolute Gasteiger partial charge is 0.341 e. The van der Waals surface area contributed by atoms with Crippen LogP contribution in [0.5, 0.6) is 17.2 Å². The minimum absolute atomic E-state index is 0.0473. The van der Waals surface area contributed by atoms with E-state index in [0.717, 1.165) is 0 Å². The Kier molecular flexibility index (Phi) is 5.29. The molecule has 0 bridgehead atoms. The van der Waals surface area contributed by atoms with Gasteiger partial charge in [0.15, 0.2) is 18.1 Å². The fraction of sp³-hybridized carbons (Fsp3) is 0.235. The van der Waals surface area contributed by atoms with Crippen molar-refractivity contribution >= 4 is 5.97 Å². The van der Waals surface area contributed by atoms with E-state index < -0.39 is 18.1 Å². The quantitative estimate of drug-likeness (QED) is 0.818. The van der Waals surface area contributed by atoms with Crippen molar-refractivity contribution in [3.8, 4) is 34.4 Å². The molecule has 0 spiro atoms. The summed E-state index contributed by atoms with van der Waals surface area (Å²) in [5.41, 5.74) is 0.950. The van der Waals surface area contributed by atoms with Gasteiger partial charge >= 0.3 is 5.97 Å². The summed E-state index contributed by atoms with van der Waals surface area (Å²) in [7, 11) is 2.78. The monoisotopic (exact) mass is 344 g/mol. The lowest BCUT2D eigenvalue weighted by Gasteiger charge is -2.16. The first-order valence-corrected chi connectivity index (χ1v) is 7.16. The second-order valence-corrected chi connectivity index (χ2v) is 5.07. The second-order valence-electron chi connectivity index (χ2n) is 5.07. The molecule has 2 N–H and O–H groups in total. The average Bonchev–Trinajstić information content (AvgIpc) is 2.58. The number of carbonyl (C=O) groups is 1. The molecule has 0 aliphatic heterocycles. The molecule has 0 aliphatic rings. The summed E-state index contributed by atoms with van der Waals surface area (Å²) >= 11 is 0. The van der Waals surface area contributed by atoms with Gasteiger partial charge in [-0.05, 0) is 30.7 Å². The Labute approximate surface area is 143 Å². The van der Waals surface area contributed by atoms with Crippen molar-refractivity contribution in [3.05, 3.63) is 39.8 Å². The molecule has 0 radical (unpaired) electrons. The van der Waals surface area contributed by atoms with E-state index in [0.29, 0.717) is 16.8 Å². The molecule has 0 unspecified atom stereocenters. The van der Waals surface area contributed by atoms with Gasteiger partial charge in [0.05, 0.1) is 14.2 Å². The van der Waals surface area contributed by atoms with Crippen molar-refractivity contribution in [1.82, 2.24) is 4.98 Å². The van der Waals surface area contributed by atoms with Gasteiger partial charge in [0, 0.05) is 11.3 Å². The Morgan fingerprint density at radius 3 is 2.32 bits per heavy atom. The zero-order valence-corrected chi connectivity index (χ0v) is 13.9. The predicted molar refractivity (Wildman–Crippen MR) is 88.2 cm³/mol. The number of ether oxygens (including phenoxy) is 3. The van der Waals surface area contributed by atoms with Crippen LogP contribution < -0.4 is 19.8 Å². The maximum Gasteiger partial charge on any atom is 0.341 e. The second kappa shape index (κ2) is 7.40. The normalized spacial score (nSPS) is 10.0. The number of aliphatic carboxylic acids is 1. The van der Waals surface area contributed by atoms with Crippen LogP contribution in [-0.2, 0) is 4.79 Å². The Bertz CT molecular complexity index is 885. The summed E-state index contributed by atoms with van der Waals surface area (Å²) in [6.07, 6.45) is 0. The fourth-order valence-corrected chi connectivity index (χ4v) is 2.34. The highest BCUT2D eigenvalue weighted by atomic mass is 16.5. The number of hydrogen-bond acceptors (Lipinski definition) is 6. The van der Waals surface area contributed by atoms with E-state index in [1.165, 1.54) is 14.2 Å². The van der Waals surface area contributed by atoms with Crippen LogP contribution in [-0.4, -0.2) is 36.9 Å². The molecule has 0 atom stereocenters.